The highest BCUT2D eigenvalue weighted by atomic mass is 16.3. The highest BCUT2D eigenvalue weighted by molar-refractivity contribution is 5.94. The molecule has 346 valence electrons. The quantitative estimate of drug-likeness (QED) is 0.0164. The van der Waals surface area contributed by atoms with Gasteiger partial charge in [0.2, 0.25) is 29.5 Å². The first-order valence-electron chi connectivity index (χ1n) is 21.2. The fourth-order valence-corrected chi connectivity index (χ4v) is 6.93. The Labute approximate surface area is 372 Å². The monoisotopic (exact) mass is 886 g/mol. The van der Waals surface area contributed by atoms with Crippen LogP contribution in [0.15, 0.2) is 96.0 Å². The van der Waals surface area contributed by atoms with E-state index in [1.165, 1.54) is 0 Å². The van der Waals surface area contributed by atoms with Crippen molar-refractivity contribution in [1.29, 1.82) is 0 Å². The highest BCUT2D eigenvalue weighted by Crippen LogP contribution is 2.09. The molecule has 20 nitrogen and oxygen atoms in total. The predicted octanol–water partition coefficient (Wildman–Crippen LogP) is -3.22. The van der Waals surface area contributed by atoms with Crippen LogP contribution in [0.3, 0.4) is 0 Å². The molecule has 1 heterocycles. The van der Waals surface area contributed by atoms with Gasteiger partial charge in [0.05, 0.1) is 25.8 Å². The second-order valence-electron chi connectivity index (χ2n) is 15.5. The normalized spacial score (nSPS) is 15.0. The summed E-state index contributed by atoms with van der Waals surface area (Å²) in [6, 6.07) is 22.0. The molecule has 1 aliphatic heterocycles. The molecule has 64 heavy (non-hydrogen) atoms. The first kappa shape index (κ1) is 50.2. The van der Waals surface area contributed by atoms with Crippen molar-refractivity contribution in [3.05, 3.63) is 108 Å². The number of rotatable bonds is 26. The van der Waals surface area contributed by atoms with Crippen LogP contribution in [-0.4, -0.2) is 151 Å². The lowest BCUT2D eigenvalue weighted by atomic mass is 10.0. The standard InChI is InChI=1S/C44H62N12O8/c45-40(61)35(23-30-11-4-1-5-12-30)53-41(62)34(17-10-18-49-44(46)47)52-42(63)36(24-31-13-6-2-7-14-31)50-39(60)28-56(26-33(58)29-57)54-43(64)37(25-32-15-8-3-9-16-32)51-38(59)27-55-21-19-48-20-22-55/h1-9,11-16,33-37,48,57-58H,10,17-29H2,(H2,45,61)(H,50,60)(H,51,59)(H,52,63)(H,53,62)(H,54,64)(H4,46,47,49)/t33?,34-,35-,36-,37-/m0/s1. The molecular formula is C44H62N12O8. The molecule has 1 unspecified atom stereocenters. The summed E-state index contributed by atoms with van der Waals surface area (Å²) in [6.45, 7) is 1.26. The van der Waals surface area contributed by atoms with Crippen LogP contribution in [0, 0.1) is 0 Å². The minimum absolute atomic E-state index is 0.0252. The molecule has 6 amide bonds. The topological polar surface area (TPSA) is 312 Å². The number of hydrazine groups is 1. The van der Waals surface area contributed by atoms with Gasteiger partial charge >= 0.3 is 0 Å². The zero-order valence-corrected chi connectivity index (χ0v) is 35.9. The van der Waals surface area contributed by atoms with E-state index >= 15 is 0 Å². The fourth-order valence-electron chi connectivity index (χ4n) is 6.93. The zero-order chi connectivity index (χ0) is 46.3. The number of benzene rings is 3. The van der Waals surface area contributed by atoms with Crippen LogP contribution in [0.2, 0.25) is 0 Å². The van der Waals surface area contributed by atoms with Crippen LogP contribution in [-0.2, 0) is 48.0 Å². The number of hydrogen-bond acceptors (Lipinski definition) is 12. The number of hydrogen-bond donors (Lipinski definition) is 11. The Bertz CT molecular complexity index is 1970. The number of nitrogens with zero attached hydrogens (tertiary/aromatic N) is 3. The molecule has 0 saturated carbocycles. The molecule has 0 aromatic heterocycles. The Hall–Kier alpha value is -6.45. The van der Waals surface area contributed by atoms with Crippen molar-refractivity contribution in [3.8, 4) is 0 Å². The summed E-state index contributed by atoms with van der Waals surface area (Å²) in [7, 11) is 0. The summed E-state index contributed by atoms with van der Waals surface area (Å²) in [6.07, 6.45) is -0.939. The molecule has 14 N–H and O–H groups in total. The van der Waals surface area contributed by atoms with Crippen molar-refractivity contribution in [2.75, 3.05) is 59.0 Å². The Kier molecular flexibility index (Phi) is 21.1. The minimum atomic E-state index is -1.39. The van der Waals surface area contributed by atoms with E-state index < -0.39 is 79.5 Å². The van der Waals surface area contributed by atoms with Crippen LogP contribution in [0.5, 0.6) is 0 Å². The van der Waals surface area contributed by atoms with Crippen LogP contribution in [0.25, 0.3) is 0 Å². The molecular weight excluding hydrogens is 825 g/mol. The van der Waals surface area contributed by atoms with E-state index in [1.807, 2.05) is 11.0 Å². The fraction of sp³-hybridized carbons (Fsp3) is 0.432. The van der Waals surface area contributed by atoms with Gasteiger partial charge in [0.15, 0.2) is 5.96 Å². The van der Waals surface area contributed by atoms with Crippen LogP contribution in [0.1, 0.15) is 29.5 Å². The molecule has 0 spiro atoms. The van der Waals surface area contributed by atoms with E-state index in [2.05, 4.69) is 37.0 Å². The smallest absolute Gasteiger partial charge is 0.257 e. The molecule has 20 heteroatoms. The van der Waals surface area contributed by atoms with Gasteiger partial charge in [-0.2, -0.15) is 0 Å². The molecule has 0 aliphatic carbocycles. The van der Waals surface area contributed by atoms with Gasteiger partial charge in [-0.25, -0.2) is 5.01 Å². The Morgan fingerprint density at radius 2 is 1.16 bits per heavy atom. The van der Waals surface area contributed by atoms with Gasteiger partial charge in [0.25, 0.3) is 5.91 Å². The maximum absolute atomic E-state index is 14.2. The number of piperazine rings is 1. The zero-order valence-electron chi connectivity index (χ0n) is 35.9. The molecule has 3 aromatic carbocycles. The maximum atomic E-state index is 14.2. The lowest BCUT2D eigenvalue weighted by molar-refractivity contribution is -0.136. The average Bonchev–Trinajstić information content (AvgIpc) is 3.27. The molecule has 1 saturated heterocycles. The van der Waals surface area contributed by atoms with Gasteiger partial charge in [-0.15, -0.1) is 0 Å². The summed E-state index contributed by atoms with van der Waals surface area (Å²) in [5.74, 6) is -4.25. The molecule has 4 rings (SSSR count). The molecule has 0 radical (unpaired) electrons. The van der Waals surface area contributed by atoms with E-state index in [-0.39, 0.29) is 57.1 Å². The van der Waals surface area contributed by atoms with E-state index in [0.717, 1.165) is 29.2 Å². The summed E-state index contributed by atoms with van der Waals surface area (Å²) < 4.78 is 0. The summed E-state index contributed by atoms with van der Waals surface area (Å²) in [5.41, 5.74) is 21.4. The van der Waals surface area contributed by atoms with Gasteiger partial charge in [-0.1, -0.05) is 91.0 Å². The van der Waals surface area contributed by atoms with E-state index in [0.29, 0.717) is 18.7 Å². The van der Waals surface area contributed by atoms with Crippen molar-refractivity contribution in [2.24, 2.45) is 22.2 Å². The number of carbonyl (C=O) groups is 6. The minimum Gasteiger partial charge on any atom is -0.394 e. The highest BCUT2D eigenvalue weighted by Gasteiger charge is 2.31. The van der Waals surface area contributed by atoms with Crippen LogP contribution < -0.4 is 49.2 Å². The third-order valence-corrected chi connectivity index (χ3v) is 10.2. The van der Waals surface area contributed by atoms with Crippen molar-refractivity contribution >= 4 is 41.4 Å². The van der Waals surface area contributed by atoms with Crippen molar-refractivity contribution in [1.82, 2.24) is 41.9 Å². The van der Waals surface area contributed by atoms with Gasteiger partial charge < -0.3 is 54.0 Å². The number of aliphatic hydroxyl groups is 2. The van der Waals surface area contributed by atoms with E-state index in [1.54, 1.807) is 84.9 Å². The number of aliphatic hydroxyl groups excluding tert-OH is 2. The first-order chi connectivity index (χ1) is 30.8. The average molecular weight is 887 g/mol. The third-order valence-electron chi connectivity index (χ3n) is 10.2. The number of nitrogens with one attached hydrogen (secondary N) is 6. The summed E-state index contributed by atoms with van der Waals surface area (Å²) in [5, 5.41) is 35.4. The molecule has 1 fully saturated rings. The Balaban J connectivity index is 1.53. The molecule has 0 bridgehead atoms. The summed E-state index contributed by atoms with van der Waals surface area (Å²) >= 11 is 0. The van der Waals surface area contributed by atoms with Crippen LogP contribution in [0.4, 0.5) is 0 Å². The lowest BCUT2D eigenvalue weighted by Gasteiger charge is -2.30. The first-order valence-corrected chi connectivity index (χ1v) is 21.2. The molecule has 1 aliphatic rings. The number of aliphatic imine (C=N–C) groups is 1. The second-order valence-corrected chi connectivity index (χ2v) is 15.5. The van der Waals surface area contributed by atoms with Gasteiger partial charge in [0.1, 0.15) is 24.2 Å². The number of nitrogens with two attached hydrogens (primary N) is 3. The van der Waals surface area contributed by atoms with Gasteiger partial charge in [-0.3, -0.25) is 44.1 Å². The molecule has 3 aromatic rings. The number of carbonyl (C=O) groups excluding carboxylic acids is 6. The summed E-state index contributed by atoms with van der Waals surface area (Å²) in [4.78, 5) is 87.4. The van der Waals surface area contributed by atoms with Crippen molar-refractivity contribution in [3.63, 3.8) is 0 Å². The van der Waals surface area contributed by atoms with Crippen LogP contribution >= 0.6 is 0 Å². The maximum Gasteiger partial charge on any atom is 0.257 e. The Morgan fingerprint density at radius 1 is 0.672 bits per heavy atom. The van der Waals surface area contributed by atoms with E-state index in [9.17, 15) is 39.0 Å². The Morgan fingerprint density at radius 3 is 1.67 bits per heavy atom. The number of amides is 6. The lowest BCUT2D eigenvalue weighted by Crippen LogP contribution is -2.59. The second kappa shape index (κ2) is 26.9. The molecule has 5 atom stereocenters. The number of primary amides is 1. The van der Waals surface area contributed by atoms with Gasteiger partial charge in [0, 0.05) is 58.5 Å². The van der Waals surface area contributed by atoms with Gasteiger partial charge in [-0.05, 0) is 29.5 Å². The van der Waals surface area contributed by atoms with Crippen molar-refractivity contribution in [2.45, 2.75) is 62.4 Å². The van der Waals surface area contributed by atoms with E-state index in [4.69, 9.17) is 17.2 Å². The van der Waals surface area contributed by atoms with Crippen molar-refractivity contribution < 1.29 is 39.0 Å². The predicted molar refractivity (Wildman–Crippen MR) is 239 cm³/mol. The largest absolute Gasteiger partial charge is 0.394 e. The SMILES string of the molecule is NC(=O)[C@H](Cc1ccccc1)NC(=O)[C@H](CCCN=C(N)N)NC(=O)[C@H](Cc1ccccc1)NC(=O)CN(CC(O)CO)NC(=O)[C@H](Cc1ccccc1)NC(=O)CN1CCNCC1. The third kappa shape index (κ3) is 18.5. The number of guanidine groups is 1.